The van der Waals surface area contributed by atoms with Crippen LogP contribution in [0.3, 0.4) is 0 Å². The maximum Gasteiger partial charge on any atom is 0.220 e. The largest absolute Gasteiger partial charge is 0.376 e. The molecule has 0 spiro atoms. The number of hydrogen-bond acceptors (Lipinski definition) is 3. The average molecular weight is 299 g/mol. The van der Waals surface area contributed by atoms with Crippen molar-refractivity contribution in [3.8, 4) is 0 Å². The van der Waals surface area contributed by atoms with Gasteiger partial charge < -0.3 is 20.8 Å². The third-order valence-corrected chi connectivity index (χ3v) is 5.07. The van der Waals surface area contributed by atoms with E-state index in [9.17, 15) is 4.79 Å². The van der Waals surface area contributed by atoms with Crippen LogP contribution in [0.2, 0.25) is 0 Å². The maximum atomic E-state index is 12.2. The number of hydrogen-bond donors (Lipinski definition) is 3. The molecule has 4 atom stereocenters. The Morgan fingerprint density at radius 2 is 2.27 bits per heavy atom. The molecule has 1 aliphatic heterocycles. The standard InChI is InChI=1S/C17H21N3O2/c18-15-12-7-8-22-17(12)16(15)20-14(21)6-5-10-9-19-13-4-2-1-3-11(10)13/h1-4,9,12,15-17,19H,5-8,18H2,(H,20,21)/t12-,15+,16-,17-/m1/s1. The van der Waals surface area contributed by atoms with Crippen LogP contribution in [0.1, 0.15) is 18.4 Å². The van der Waals surface area contributed by atoms with Gasteiger partial charge in [0.2, 0.25) is 5.91 Å². The average Bonchev–Trinajstić information content (AvgIpc) is 3.15. The summed E-state index contributed by atoms with van der Waals surface area (Å²) in [6.07, 6.45) is 4.35. The van der Waals surface area contributed by atoms with Gasteiger partial charge >= 0.3 is 0 Å². The summed E-state index contributed by atoms with van der Waals surface area (Å²) in [7, 11) is 0. The Kier molecular flexibility index (Phi) is 3.39. The lowest BCUT2D eigenvalue weighted by atomic mass is 9.72. The lowest BCUT2D eigenvalue weighted by Crippen LogP contribution is -2.68. The first-order valence-corrected chi connectivity index (χ1v) is 7.95. The molecule has 1 aliphatic carbocycles. The number of rotatable bonds is 4. The number of aryl methyl sites for hydroxylation is 1. The smallest absolute Gasteiger partial charge is 0.220 e. The van der Waals surface area contributed by atoms with Crippen molar-refractivity contribution in [1.82, 2.24) is 10.3 Å². The summed E-state index contributed by atoms with van der Waals surface area (Å²) in [5.74, 6) is 0.485. The van der Waals surface area contributed by atoms with Gasteiger partial charge in [-0.15, -0.1) is 0 Å². The minimum Gasteiger partial charge on any atom is -0.376 e. The quantitative estimate of drug-likeness (QED) is 0.797. The number of para-hydroxylation sites is 1. The number of H-pyrrole nitrogens is 1. The van der Waals surface area contributed by atoms with E-state index in [-0.39, 0.29) is 24.1 Å². The predicted molar refractivity (Wildman–Crippen MR) is 84.4 cm³/mol. The first kappa shape index (κ1) is 13.8. The van der Waals surface area contributed by atoms with Crippen LogP contribution < -0.4 is 11.1 Å². The Bertz CT molecular complexity index is 696. The molecule has 2 aromatic rings. The molecule has 2 aliphatic rings. The zero-order chi connectivity index (χ0) is 15.1. The molecule has 5 heteroatoms. The monoisotopic (exact) mass is 299 g/mol. The van der Waals surface area contributed by atoms with E-state index in [1.54, 1.807) is 0 Å². The van der Waals surface area contributed by atoms with Crippen LogP contribution in [0.25, 0.3) is 10.9 Å². The second kappa shape index (κ2) is 5.41. The lowest BCUT2D eigenvalue weighted by Gasteiger charge is -2.45. The van der Waals surface area contributed by atoms with Gasteiger partial charge in [0.15, 0.2) is 0 Å². The van der Waals surface area contributed by atoms with Crippen LogP contribution in [0.4, 0.5) is 0 Å². The summed E-state index contributed by atoms with van der Waals surface area (Å²) in [6, 6.07) is 8.19. The number of amides is 1. The molecule has 4 rings (SSSR count). The van der Waals surface area contributed by atoms with Crippen LogP contribution in [-0.2, 0) is 16.0 Å². The molecule has 116 valence electrons. The molecule has 0 radical (unpaired) electrons. The summed E-state index contributed by atoms with van der Waals surface area (Å²) >= 11 is 0. The first-order chi connectivity index (χ1) is 10.7. The summed E-state index contributed by atoms with van der Waals surface area (Å²) in [4.78, 5) is 15.4. The van der Waals surface area contributed by atoms with Gasteiger partial charge in [0, 0.05) is 42.1 Å². The fraction of sp³-hybridized carbons (Fsp3) is 0.471. The molecule has 5 nitrogen and oxygen atoms in total. The van der Waals surface area contributed by atoms with E-state index in [0.717, 1.165) is 25.0 Å². The number of nitrogens with one attached hydrogen (secondary N) is 2. The second-order valence-corrected chi connectivity index (χ2v) is 6.32. The highest BCUT2D eigenvalue weighted by molar-refractivity contribution is 5.84. The van der Waals surface area contributed by atoms with E-state index in [0.29, 0.717) is 12.3 Å². The fourth-order valence-electron chi connectivity index (χ4n) is 3.77. The number of fused-ring (bicyclic) bond motifs is 2. The Labute approximate surface area is 129 Å². The van der Waals surface area contributed by atoms with Crippen LogP contribution in [-0.4, -0.2) is 35.7 Å². The molecule has 1 amide bonds. The number of nitrogens with two attached hydrogens (primary N) is 1. The fourth-order valence-corrected chi connectivity index (χ4v) is 3.77. The van der Waals surface area contributed by atoms with Gasteiger partial charge in [0.05, 0.1) is 12.1 Å². The molecule has 1 aromatic carbocycles. The van der Waals surface area contributed by atoms with Crippen molar-refractivity contribution in [1.29, 1.82) is 0 Å². The highest BCUT2D eigenvalue weighted by atomic mass is 16.5. The van der Waals surface area contributed by atoms with Gasteiger partial charge in [0.1, 0.15) is 0 Å². The molecular weight excluding hydrogens is 278 g/mol. The molecule has 2 fully saturated rings. The van der Waals surface area contributed by atoms with Gasteiger partial charge in [-0.05, 0) is 24.5 Å². The maximum absolute atomic E-state index is 12.2. The van der Waals surface area contributed by atoms with E-state index in [1.165, 1.54) is 10.9 Å². The molecule has 1 saturated carbocycles. The zero-order valence-corrected chi connectivity index (χ0v) is 12.4. The van der Waals surface area contributed by atoms with Crippen molar-refractivity contribution < 1.29 is 9.53 Å². The van der Waals surface area contributed by atoms with Gasteiger partial charge in [-0.1, -0.05) is 18.2 Å². The van der Waals surface area contributed by atoms with Crippen LogP contribution in [0.15, 0.2) is 30.5 Å². The SMILES string of the molecule is N[C@H]1[C@H]2CCO[C@H]2[C@@H]1NC(=O)CCc1c[nH]c2ccccc12. The summed E-state index contributed by atoms with van der Waals surface area (Å²) in [5, 5.41) is 4.24. The van der Waals surface area contributed by atoms with Gasteiger partial charge in [-0.2, -0.15) is 0 Å². The highest BCUT2D eigenvalue weighted by Gasteiger charge is 2.52. The van der Waals surface area contributed by atoms with Crippen molar-refractivity contribution in [2.45, 2.75) is 37.5 Å². The molecule has 0 unspecified atom stereocenters. The van der Waals surface area contributed by atoms with Crippen molar-refractivity contribution in [3.63, 3.8) is 0 Å². The Balaban J connectivity index is 1.35. The second-order valence-electron chi connectivity index (χ2n) is 6.32. The van der Waals surface area contributed by atoms with Gasteiger partial charge in [0.25, 0.3) is 0 Å². The molecule has 1 saturated heterocycles. The molecule has 1 aromatic heterocycles. The van der Waals surface area contributed by atoms with Crippen LogP contribution >= 0.6 is 0 Å². The topological polar surface area (TPSA) is 80.1 Å². The van der Waals surface area contributed by atoms with Crippen molar-refractivity contribution in [3.05, 3.63) is 36.0 Å². The number of carbonyl (C=O) groups is 1. The summed E-state index contributed by atoms with van der Waals surface area (Å²) in [6.45, 7) is 0.769. The summed E-state index contributed by atoms with van der Waals surface area (Å²) in [5.41, 5.74) is 8.41. The van der Waals surface area contributed by atoms with E-state index in [4.69, 9.17) is 10.5 Å². The normalized spacial score (nSPS) is 30.0. The molecule has 4 N–H and O–H groups in total. The number of aromatic nitrogens is 1. The van der Waals surface area contributed by atoms with E-state index in [2.05, 4.69) is 16.4 Å². The molecule has 22 heavy (non-hydrogen) atoms. The Morgan fingerprint density at radius 1 is 1.41 bits per heavy atom. The summed E-state index contributed by atoms with van der Waals surface area (Å²) < 4.78 is 5.64. The third-order valence-electron chi connectivity index (χ3n) is 5.07. The first-order valence-electron chi connectivity index (χ1n) is 7.95. The van der Waals surface area contributed by atoms with E-state index < -0.39 is 0 Å². The predicted octanol–water partition coefficient (Wildman–Crippen LogP) is 1.33. The number of benzene rings is 1. The Hall–Kier alpha value is -1.85. The molecule has 0 bridgehead atoms. The van der Waals surface area contributed by atoms with Crippen molar-refractivity contribution in [2.24, 2.45) is 11.7 Å². The van der Waals surface area contributed by atoms with Gasteiger partial charge in [-0.3, -0.25) is 4.79 Å². The van der Waals surface area contributed by atoms with Gasteiger partial charge in [-0.25, -0.2) is 0 Å². The van der Waals surface area contributed by atoms with Crippen molar-refractivity contribution >= 4 is 16.8 Å². The van der Waals surface area contributed by atoms with E-state index >= 15 is 0 Å². The van der Waals surface area contributed by atoms with E-state index in [1.807, 2.05) is 24.4 Å². The third kappa shape index (κ3) is 2.21. The molecule has 2 heterocycles. The number of aromatic amines is 1. The highest BCUT2D eigenvalue weighted by Crippen LogP contribution is 2.37. The molecular formula is C17H21N3O2. The minimum absolute atomic E-state index is 0.0111. The van der Waals surface area contributed by atoms with Crippen LogP contribution in [0, 0.1) is 5.92 Å². The number of carbonyl (C=O) groups excluding carboxylic acids is 1. The number of ether oxygens (including phenoxy) is 1. The minimum atomic E-state index is -0.0111. The lowest BCUT2D eigenvalue weighted by molar-refractivity contribution is -0.125. The zero-order valence-electron chi connectivity index (χ0n) is 12.4. The Morgan fingerprint density at radius 3 is 3.18 bits per heavy atom. The van der Waals surface area contributed by atoms with Crippen molar-refractivity contribution in [2.75, 3.05) is 6.61 Å². The van der Waals surface area contributed by atoms with Crippen LogP contribution in [0.5, 0.6) is 0 Å².